The second-order valence-electron chi connectivity index (χ2n) is 5.31. The van der Waals surface area contributed by atoms with Gasteiger partial charge >= 0.3 is 0 Å². The minimum Gasteiger partial charge on any atom is -0.507 e. The first kappa shape index (κ1) is 10.2. The van der Waals surface area contributed by atoms with Gasteiger partial charge in [0.25, 0.3) is 0 Å². The van der Waals surface area contributed by atoms with Gasteiger partial charge in [0, 0.05) is 23.0 Å². The molecule has 0 unspecified atom stereocenters. The molecule has 1 aromatic rings. The van der Waals surface area contributed by atoms with E-state index in [1.54, 1.807) is 0 Å². The molecular weight excluding hydrogens is 196 g/mol. The largest absolute Gasteiger partial charge is 0.507 e. The summed E-state index contributed by atoms with van der Waals surface area (Å²) in [7, 11) is 0. The number of benzene rings is 1. The molecular formula is C15H20O. The standard InChI is InChI=1S/C15H20O/c1-4-6-9-11-8(3)12(9)14-10(7-5-2)13(11)15(14)16/h9-10,16H,4-7H2,1-3H3. The van der Waals surface area contributed by atoms with Crippen LogP contribution in [0, 0.1) is 6.92 Å². The molecule has 0 spiro atoms. The van der Waals surface area contributed by atoms with E-state index < -0.39 is 0 Å². The first-order valence-electron chi connectivity index (χ1n) is 6.61. The van der Waals surface area contributed by atoms with E-state index in [1.165, 1.54) is 53.5 Å². The van der Waals surface area contributed by atoms with E-state index >= 15 is 0 Å². The molecule has 0 amide bonds. The number of aryl methyl sites for hydroxylation is 1. The number of hydrogen-bond acceptors (Lipinski definition) is 1. The van der Waals surface area contributed by atoms with Crippen molar-refractivity contribution in [2.24, 2.45) is 0 Å². The summed E-state index contributed by atoms with van der Waals surface area (Å²) in [4.78, 5) is 0. The van der Waals surface area contributed by atoms with E-state index in [4.69, 9.17) is 0 Å². The smallest absolute Gasteiger partial charge is 0.123 e. The molecule has 0 aliphatic heterocycles. The van der Waals surface area contributed by atoms with Crippen molar-refractivity contribution in [1.82, 2.24) is 0 Å². The van der Waals surface area contributed by atoms with Gasteiger partial charge in [-0.15, -0.1) is 0 Å². The molecule has 5 aliphatic rings. The summed E-state index contributed by atoms with van der Waals surface area (Å²) in [6, 6.07) is 0. The summed E-state index contributed by atoms with van der Waals surface area (Å²) in [5.41, 5.74) is 7.10. The summed E-state index contributed by atoms with van der Waals surface area (Å²) < 4.78 is 0. The summed E-state index contributed by atoms with van der Waals surface area (Å²) in [5, 5.41) is 10.0. The molecule has 86 valence electrons. The maximum Gasteiger partial charge on any atom is 0.123 e. The van der Waals surface area contributed by atoms with Crippen LogP contribution in [0.1, 0.15) is 79.2 Å². The van der Waals surface area contributed by atoms with Crippen molar-refractivity contribution in [3.63, 3.8) is 0 Å². The van der Waals surface area contributed by atoms with Crippen molar-refractivity contribution in [3.05, 3.63) is 27.8 Å². The first-order chi connectivity index (χ1) is 7.72. The minimum atomic E-state index is 0.590. The zero-order valence-corrected chi connectivity index (χ0v) is 10.4. The molecule has 0 aromatic heterocycles. The quantitative estimate of drug-likeness (QED) is 0.800. The molecule has 0 saturated carbocycles. The van der Waals surface area contributed by atoms with E-state index in [9.17, 15) is 5.11 Å². The Morgan fingerprint density at radius 2 is 1.31 bits per heavy atom. The van der Waals surface area contributed by atoms with Gasteiger partial charge in [-0.25, -0.2) is 0 Å². The molecule has 0 fully saturated rings. The summed E-state index contributed by atoms with van der Waals surface area (Å²) in [6.07, 6.45) is 4.93. The zero-order chi connectivity index (χ0) is 11.4. The molecule has 6 rings (SSSR count). The van der Waals surface area contributed by atoms with Crippen LogP contribution in [-0.4, -0.2) is 5.11 Å². The van der Waals surface area contributed by atoms with Gasteiger partial charge < -0.3 is 5.11 Å². The maximum absolute atomic E-state index is 10.0. The van der Waals surface area contributed by atoms with Crippen LogP contribution >= 0.6 is 0 Å². The van der Waals surface area contributed by atoms with Gasteiger partial charge in [0.2, 0.25) is 0 Å². The van der Waals surface area contributed by atoms with Crippen LogP contribution in [0.5, 0.6) is 5.75 Å². The predicted molar refractivity (Wildman–Crippen MR) is 66.3 cm³/mol. The SMILES string of the molecule is CCCC1c2c(C)c1c1c(O)c2C1CCC. The van der Waals surface area contributed by atoms with Crippen LogP contribution in [0.2, 0.25) is 0 Å². The summed E-state index contributed by atoms with van der Waals surface area (Å²) in [5.74, 6) is 1.91. The van der Waals surface area contributed by atoms with Gasteiger partial charge in [-0.1, -0.05) is 26.7 Å². The first-order valence-corrected chi connectivity index (χ1v) is 6.61. The Morgan fingerprint density at radius 1 is 0.875 bits per heavy atom. The maximum atomic E-state index is 10.0. The van der Waals surface area contributed by atoms with Crippen molar-refractivity contribution in [2.75, 3.05) is 0 Å². The van der Waals surface area contributed by atoms with Crippen molar-refractivity contribution < 1.29 is 5.11 Å². The summed E-state index contributed by atoms with van der Waals surface area (Å²) in [6.45, 7) is 6.71. The molecule has 5 aliphatic carbocycles. The zero-order valence-electron chi connectivity index (χ0n) is 10.4. The monoisotopic (exact) mass is 216 g/mol. The van der Waals surface area contributed by atoms with E-state index in [0.717, 1.165) is 0 Å². The lowest BCUT2D eigenvalue weighted by atomic mass is 9.56. The molecule has 0 radical (unpaired) electrons. The number of rotatable bonds is 4. The lowest BCUT2D eigenvalue weighted by Crippen LogP contribution is -2.32. The number of phenols is 1. The van der Waals surface area contributed by atoms with Gasteiger partial charge in [-0.3, -0.25) is 0 Å². The number of phenolic OH excluding ortho intramolecular Hbond substituents is 1. The normalized spacial score (nSPS) is 23.9. The van der Waals surface area contributed by atoms with E-state index in [0.29, 0.717) is 17.6 Å². The highest BCUT2D eigenvalue weighted by atomic mass is 16.3. The van der Waals surface area contributed by atoms with Gasteiger partial charge in [-0.2, -0.15) is 0 Å². The topological polar surface area (TPSA) is 20.2 Å². The summed E-state index contributed by atoms with van der Waals surface area (Å²) >= 11 is 0. The molecule has 1 nitrogen and oxygen atoms in total. The van der Waals surface area contributed by atoms with Gasteiger partial charge in [0.15, 0.2) is 0 Å². The predicted octanol–water partition coefficient (Wildman–Crippen LogP) is 4.19. The average molecular weight is 216 g/mol. The molecule has 1 aromatic carbocycles. The Labute approximate surface area is 97.5 Å². The van der Waals surface area contributed by atoms with Gasteiger partial charge in [-0.05, 0) is 36.5 Å². The van der Waals surface area contributed by atoms with Gasteiger partial charge in [0.1, 0.15) is 5.75 Å². The molecule has 0 heterocycles. The van der Waals surface area contributed by atoms with Crippen molar-refractivity contribution in [1.29, 1.82) is 0 Å². The highest BCUT2D eigenvalue weighted by Gasteiger charge is 2.48. The Bertz CT molecular complexity index is 383. The molecule has 1 heteroatoms. The molecule has 0 atom stereocenters. The second kappa shape index (κ2) is 3.26. The van der Waals surface area contributed by atoms with Gasteiger partial charge in [0.05, 0.1) is 0 Å². The highest BCUT2D eigenvalue weighted by molar-refractivity contribution is 5.77. The lowest BCUT2D eigenvalue weighted by molar-refractivity contribution is 0.405. The van der Waals surface area contributed by atoms with E-state index in [-0.39, 0.29) is 0 Å². The fraction of sp³-hybridized carbons (Fsp3) is 0.600. The molecule has 0 saturated heterocycles. The highest BCUT2D eigenvalue weighted by Crippen LogP contribution is 2.65. The molecule has 4 bridgehead atoms. The van der Waals surface area contributed by atoms with Crippen LogP contribution in [-0.2, 0) is 0 Å². The Morgan fingerprint density at radius 3 is 1.75 bits per heavy atom. The minimum absolute atomic E-state index is 0.590. The second-order valence-corrected chi connectivity index (χ2v) is 5.31. The Hall–Kier alpha value is -0.980. The van der Waals surface area contributed by atoms with Crippen molar-refractivity contribution >= 4 is 0 Å². The average Bonchev–Trinajstić information content (AvgIpc) is 2.30. The van der Waals surface area contributed by atoms with Crippen LogP contribution in [0.4, 0.5) is 0 Å². The van der Waals surface area contributed by atoms with Crippen molar-refractivity contribution in [2.45, 2.75) is 58.3 Å². The fourth-order valence-corrected chi connectivity index (χ4v) is 3.84. The number of hydrogen-bond donors (Lipinski definition) is 1. The van der Waals surface area contributed by atoms with Crippen LogP contribution in [0.15, 0.2) is 0 Å². The van der Waals surface area contributed by atoms with E-state index in [2.05, 4.69) is 20.8 Å². The Kier molecular flexibility index (Phi) is 2.07. The van der Waals surface area contributed by atoms with Crippen molar-refractivity contribution in [3.8, 4) is 5.75 Å². The fourth-order valence-electron chi connectivity index (χ4n) is 3.84. The molecule has 16 heavy (non-hydrogen) atoms. The van der Waals surface area contributed by atoms with Crippen LogP contribution in [0.3, 0.4) is 0 Å². The molecule has 1 N–H and O–H groups in total. The third-order valence-corrected chi connectivity index (χ3v) is 4.45. The van der Waals surface area contributed by atoms with Crippen LogP contribution in [0.25, 0.3) is 0 Å². The lowest BCUT2D eigenvalue weighted by Gasteiger charge is -2.48. The third kappa shape index (κ3) is 0.928. The number of aromatic hydroxyl groups is 1. The third-order valence-electron chi connectivity index (χ3n) is 4.45. The Balaban J connectivity index is 2.01. The van der Waals surface area contributed by atoms with Crippen LogP contribution < -0.4 is 0 Å². The van der Waals surface area contributed by atoms with E-state index in [1.807, 2.05) is 0 Å².